The van der Waals surface area contributed by atoms with Gasteiger partial charge < -0.3 is 81.1 Å². The smallest absolute Gasteiger partial charge is 0.245 e. The van der Waals surface area contributed by atoms with Gasteiger partial charge in [-0.3, -0.25) is 48.1 Å². The number of carbonyl (C=O) groups is 10. The zero-order chi connectivity index (χ0) is 56.1. The normalized spacial score (nSPS) is 15.8. The Hall–Kier alpha value is -5.95. The Bertz CT molecular complexity index is 1830. The highest BCUT2D eigenvalue weighted by Gasteiger charge is 2.37. The molecule has 0 aromatic carbocycles. The Morgan fingerprint density at radius 1 is 0.534 bits per heavy atom. The van der Waals surface area contributed by atoms with Gasteiger partial charge in [-0.25, -0.2) is 0 Å². The van der Waals surface area contributed by atoms with E-state index in [1.54, 1.807) is 34.6 Å². The molecule has 0 unspecified atom stereocenters. The van der Waals surface area contributed by atoms with Crippen molar-refractivity contribution in [2.24, 2.45) is 63.3 Å². The van der Waals surface area contributed by atoms with Crippen LogP contribution < -0.4 is 71.2 Å². The van der Waals surface area contributed by atoms with E-state index < -0.39 is 132 Å². The number of hydrogen-bond acceptors (Lipinski definition) is 14. The van der Waals surface area contributed by atoms with Gasteiger partial charge >= 0.3 is 0 Å². The standard InChI is InChI=1S/C48H90N14O11/c1-11-28(9)37(51)45(71)57-32(17-15-19-54-48(52)53)40(66)58-34(22-36(50)65)43(69)56-31(16-13-14-18-49)41(67)60-35(24-64)44(70)61-38(27(7)8)46(72)62-39(29(10)12-2)47(73)59-33(21-26(5)6)42(68)55-30(23-63)20-25(3)4/h23,25-35,37-39,64H,11-22,24,49,51H2,1-10H3,(H2,50,65)(H,55,68)(H,56,69)(H,57,71)(H,58,66)(H,59,73)(H,60,67)(H,61,70)(H,62,72)(H4,52,53,54)/t28-,29-,30-,31-,32-,33-,34-,35-,37-,38-,39-/m0/s1. The molecule has 0 saturated heterocycles. The zero-order valence-corrected chi connectivity index (χ0v) is 44.7. The molecule has 25 heteroatoms. The number of aliphatic hydroxyl groups excluding tert-OH is 1. The minimum atomic E-state index is -1.68. The van der Waals surface area contributed by atoms with Crippen LogP contribution >= 0.6 is 0 Å². The molecule has 0 radical (unpaired) electrons. The largest absolute Gasteiger partial charge is 0.394 e. The monoisotopic (exact) mass is 1040 g/mol. The molecule has 9 amide bonds. The number of aldehydes is 1. The van der Waals surface area contributed by atoms with Crippen molar-refractivity contribution in [3.63, 3.8) is 0 Å². The molecule has 0 spiro atoms. The van der Waals surface area contributed by atoms with Crippen molar-refractivity contribution in [1.82, 2.24) is 42.5 Å². The Kier molecular flexibility index (Phi) is 32.4. The molecule has 418 valence electrons. The Morgan fingerprint density at radius 2 is 0.986 bits per heavy atom. The van der Waals surface area contributed by atoms with Crippen LogP contribution in [-0.2, 0) is 47.9 Å². The number of carbonyl (C=O) groups excluding carboxylic acids is 10. The van der Waals surface area contributed by atoms with Crippen molar-refractivity contribution in [3.05, 3.63) is 0 Å². The van der Waals surface area contributed by atoms with Crippen LogP contribution in [-0.4, -0.2) is 145 Å². The zero-order valence-electron chi connectivity index (χ0n) is 44.7. The third-order valence-electron chi connectivity index (χ3n) is 12.2. The number of rotatable bonds is 37. The van der Waals surface area contributed by atoms with E-state index in [9.17, 15) is 53.1 Å². The molecule has 0 aliphatic heterocycles. The summed E-state index contributed by atoms with van der Waals surface area (Å²) >= 11 is 0. The van der Waals surface area contributed by atoms with E-state index >= 15 is 0 Å². The highest BCUT2D eigenvalue weighted by atomic mass is 16.3. The highest BCUT2D eigenvalue weighted by molar-refractivity contribution is 5.99. The molecule has 19 N–H and O–H groups in total. The third kappa shape index (κ3) is 26.0. The number of amides is 9. The summed E-state index contributed by atoms with van der Waals surface area (Å²) in [5.41, 5.74) is 28.1. The second-order valence-corrected chi connectivity index (χ2v) is 19.9. The average molecular weight is 1040 g/mol. The summed E-state index contributed by atoms with van der Waals surface area (Å²) in [5, 5.41) is 31.0. The summed E-state index contributed by atoms with van der Waals surface area (Å²) in [4.78, 5) is 138. The number of primary amides is 1. The van der Waals surface area contributed by atoms with E-state index in [-0.39, 0.29) is 68.9 Å². The topological polar surface area (TPSA) is 430 Å². The van der Waals surface area contributed by atoms with E-state index in [0.29, 0.717) is 32.0 Å². The Balaban J connectivity index is 6.52. The minimum absolute atomic E-state index is 0.0172. The third-order valence-corrected chi connectivity index (χ3v) is 12.2. The first-order valence-corrected chi connectivity index (χ1v) is 25.5. The second kappa shape index (κ2) is 35.2. The predicted octanol–water partition coefficient (Wildman–Crippen LogP) is -2.72. The van der Waals surface area contributed by atoms with Gasteiger partial charge in [-0.2, -0.15) is 0 Å². The van der Waals surface area contributed by atoms with Gasteiger partial charge in [0.2, 0.25) is 53.2 Å². The van der Waals surface area contributed by atoms with Crippen LogP contribution in [0.15, 0.2) is 4.99 Å². The fourth-order valence-corrected chi connectivity index (χ4v) is 7.37. The van der Waals surface area contributed by atoms with Crippen molar-refractivity contribution < 1.29 is 53.1 Å². The van der Waals surface area contributed by atoms with Crippen LogP contribution in [0, 0.1) is 29.6 Å². The van der Waals surface area contributed by atoms with Gasteiger partial charge in [-0.05, 0) is 81.1 Å². The second-order valence-electron chi connectivity index (χ2n) is 19.9. The van der Waals surface area contributed by atoms with Gasteiger partial charge in [0.15, 0.2) is 5.96 Å². The van der Waals surface area contributed by atoms with E-state index in [4.69, 9.17) is 28.7 Å². The molecule has 0 fully saturated rings. The molecule has 0 aliphatic carbocycles. The number of guanidine groups is 1. The first-order chi connectivity index (χ1) is 34.2. The molecule has 25 nitrogen and oxygen atoms in total. The lowest BCUT2D eigenvalue weighted by Gasteiger charge is -2.30. The van der Waals surface area contributed by atoms with Crippen LogP contribution in [0.5, 0.6) is 0 Å². The van der Waals surface area contributed by atoms with Crippen molar-refractivity contribution in [3.8, 4) is 0 Å². The van der Waals surface area contributed by atoms with E-state index in [2.05, 4.69) is 47.5 Å². The number of nitrogens with one attached hydrogen (secondary N) is 8. The molecule has 0 aromatic heterocycles. The Morgan fingerprint density at radius 3 is 1.47 bits per heavy atom. The summed E-state index contributed by atoms with van der Waals surface area (Å²) < 4.78 is 0. The maximum absolute atomic E-state index is 14.0. The fraction of sp³-hybridized carbons (Fsp3) is 0.771. The summed E-state index contributed by atoms with van der Waals surface area (Å²) in [6.45, 7) is 17.2. The summed E-state index contributed by atoms with van der Waals surface area (Å²) in [6.07, 6.45) is 2.31. The summed E-state index contributed by atoms with van der Waals surface area (Å²) in [6, 6.07) is -11.4. The SMILES string of the molecule is CC[C@H](C)[C@H](N)C(=O)N[C@@H](CCCN=C(N)N)C(=O)N[C@@H](CC(N)=O)C(=O)N[C@@H](CCCCN)C(=O)N[C@@H](CO)C(=O)N[C@H](C(=O)N[C@H](C(=O)N[C@@H](CC(C)C)C(=O)N[C@H](C=O)CC(C)C)[C@@H](C)CC)C(C)C. The van der Waals surface area contributed by atoms with E-state index in [1.165, 1.54) is 0 Å². The lowest BCUT2D eigenvalue weighted by Crippen LogP contribution is -2.62. The first-order valence-electron chi connectivity index (χ1n) is 25.5. The van der Waals surface area contributed by atoms with Crippen LogP contribution in [0.2, 0.25) is 0 Å². The molecule has 0 aliphatic rings. The maximum atomic E-state index is 14.0. The van der Waals surface area contributed by atoms with Crippen molar-refractivity contribution in [2.45, 2.75) is 188 Å². The quantitative estimate of drug-likeness (QED) is 0.0130. The number of aliphatic hydroxyl groups is 1. The first kappa shape index (κ1) is 67.0. The number of unbranched alkanes of at least 4 members (excludes halogenated alkanes) is 1. The molecule has 0 aromatic rings. The lowest BCUT2D eigenvalue weighted by atomic mass is 9.95. The fourth-order valence-electron chi connectivity index (χ4n) is 7.37. The lowest BCUT2D eigenvalue weighted by molar-refractivity contribution is -0.137. The van der Waals surface area contributed by atoms with Gasteiger partial charge in [0.05, 0.1) is 25.1 Å². The van der Waals surface area contributed by atoms with Crippen molar-refractivity contribution >= 4 is 65.4 Å². The summed E-state index contributed by atoms with van der Waals surface area (Å²) in [5.74, 6) is -9.00. The van der Waals surface area contributed by atoms with E-state index in [1.807, 2.05) is 34.6 Å². The molecule has 0 rings (SSSR count). The van der Waals surface area contributed by atoms with Gasteiger partial charge in [0, 0.05) is 6.54 Å². The van der Waals surface area contributed by atoms with Crippen LogP contribution in [0.25, 0.3) is 0 Å². The number of nitrogens with two attached hydrogens (primary N) is 5. The van der Waals surface area contributed by atoms with Gasteiger partial charge in [0.25, 0.3) is 0 Å². The van der Waals surface area contributed by atoms with Crippen LogP contribution in [0.3, 0.4) is 0 Å². The van der Waals surface area contributed by atoms with Crippen LogP contribution in [0.4, 0.5) is 0 Å². The molecule has 73 heavy (non-hydrogen) atoms. The summed E-state index contributed by atoms with van der Waals surface area (Å²) in [7, 11) is 0. The van der Waals surface area contributed by atoms with Crippen LogP contribution in [0.1, 0.15) is 133 Å². The Labute approximate surface area is 430 Å². The molecule has 0 heterocycles. The van der Waals surface area contributed by atoms with Gasteiger partial charge in [-0.15, -0.1) is 0 Å². The maximum Gasteiger partial charge on any atom is 0.245 e. The predicted molar refractivity (Wildman–Crippen MR) is 276 cm³/mol. The number of aliphatic imine (C=N–C) groups is 1. The van der Waals surface area contributed by atoms with Gasteiger partial charge in [-0.1, -0.05) is 82.1 Å². The number of hydrogen-bond donors (Lipinski definition) is 14. The number of nitrogens with zero attached hydrogens (tertiary/aromatic N) is 1. The molecule has 0 saturated carbocycles. The van der Waals surface area contributed by atoms with Crippen molar-refractivity contribution in [1.29, 1.82) is 0 Å². The molecular weight excluding hydrogens is 949 g/mol. The molecule has 0 bridgehead atoms. The van der Waals surface area contributed by atoms with Crippen molar-refractivity contribution in [2.75, 3.05) is 19.7 Å². The molecular formula is C48H90N14O11. The molecule has 11 atom stereocenters. The average Bonchev–Trinajstić information content (AvgIpc) is 3.31. The highest BCUT2D eigenvalue weighted by Crippen LogP contribution is 2.14. The van der Waals surface area contributed by atoms with E-state index in [0.717, 1.165) is 0 Å². The minimum Gasteiger partial charge on any atom is -0.394 e. The van der Waals surface area contributed by atoms with Gasteiger partial charge in [0.1, 0.15) is 48.6 Å².